The molecule has 0 bridgehead atoms. The van der Waals surface area contributed by atoms with Gasteiger partial charge in [-0.1, -0.05) is 52.3 Å². The van der Waals surface area contributed by atoms with Crippen molar-refractivity contribution in [1.82, 2.24) is 20.1 Å². The number of carbonyl (C=O) groups is 1. The van der Waals surface area contributed by atoms with E-state index in [4.69, 9.17) is 4.74 Å². The van der Waals surface area contributed by atoms with Crippen LogP contribution >= 0.6 is 15.9 Å². The Kier molecular flexibility index (Phi) is 6.06. The Morgan fingerprint density at radius 2 is 1.83 bits per heavy atom. The predicted octanol–water partition coefficient (Wildman–Crippen LogP) is 3.45. The molecular weight excluding hydrogens is 432 g/mol. The Morgan fingerprint density at radius 1 is 1.10 bits per heavy atom. The Balaban J connectivity index is 1.53. The van der Waals surface area contributed by atoms with Crippen molar-refractivity contribution in [2.75, 3.05) is 13.2 Å². The van der Waals surface area contributed by atoms with E-state index in [1.54, 1.807) is 11.0 Å². The van der Waals surface area contributed by atoms with Gasteiger partial charge < -0.3 is 10.1 Å². The first kappa shape index (κ1) is 19.8. The lowest BCUT2D eigenvalue weighted by molar-refractivity contribution is -0.130. The van der Waals surface area contributed by atoms with Crippen LogP contribution in [0.15, 0.2) is 65.7 Å². The quantitative estimate of drug-likeness (QED) is 0.618. The molecule has 4 rings (SSSR count). The number of hydrogen-bond donors (Lipinski definition) is 1. The molecule has 1 aliphatic rings. The van der Waals surface area contributed by atoms with Crippen LogP contribution in [0.3, 0.4) is 0 Å². The molecule has 0 unspecified atom stereocenters. The number of aromatic nitrogens is 3. The molecule has 1 aromatic heterocycles. The van der Waals surface area contributed by atoms with Crippen LogP contribution in [0.4, 0.5) is 0 Å². The fourth-order valence-electron chi connectivity index (χ4n) is 3.85. The summed E-state index contributed by atoms with van der Waals surface area (Å²) < 4.78 is 8.34. The van der Waals surface area contributed by atoms with Crippen molar-refractivity contribution in [3.8, 4) is 0 Å². The summed E-state index contributed by atoms with van der Waals surface area (Å²) in [5.41, 5.74) is 2.68. The summed E-state index contributed by atoms with van der Waals surface area (Å²) in [5.74, 6) is 0.0543. The van der Waals surface area contributed by atoms with Gasteiger partial charge in [-0.15, -0.1) is 0 Å². The molecule has 29 heavy (non-hydrogen) atoms. The highest BCUT2D eigenvalue weighted by atomic mass is 79.9. The normalized spacial score (nSPS) is 15.8. The summed E-state index contributed by atoms with van der Waals surface area (Å²) in [6.07, 6.45) is 4.58. The summed E-state index contributed by atoms with van der Waals surface area (Å²) in [7, 11) is 0. The smallest absolute Gasteiger partial charge is 0.231 e. The maximum atomic E-state index is 13.4. The number of halogens is 1. The van der Waals surface area contributed by atoms with E-state index in [9.17, 15) is 4.79 Å². The van der Waals surface area contributed by atoms with Crippen molar-refractivity contribution in [1.29, 1.82) is 0 Å². The van der Waals surface area contributed by atoms with Crippen LogP contribution in [0.25, 0.3) is 0 Å². The molecule has 0 aliphatic carbocycles. The lowest BCUT2D eigenvalue weighted by Crippen LogP contribution is -2.47. The van der Waals surface area contributed by atoms with Gasteiger partial charge in [-0.2, -0.15) is 5.10 Å². The van der Waals surface area contributed by atoms with E-state index in [1.165, 1.54) is 6.33 Å². The highest BCUT2D eigenvalue weighted by Gasteiger charge is 2.41. The number of benzene rings is 2. The number of carbonyl (C=O) groups excluding carboxylic acids is 1. The molecule has 0 spiro atoms. The highest BCUT2D eigenvalue weighted by molar-refractivity contribution is 9.10. The summed E-state index contributed by atoms with van der Waals surface area (Å²) in [6, 6.07) is 16.2. The molecule has 3 aromatic rings. The standard InChI is InChI=1S/C22H23BrN4O2/c23-20-7-5-19(6-8-20)22(9-11-29-12-10-22)21(28)25-13-17-3-1-2-4-18(17)14-27-16-24-15-26-27/h1-8,15-16H,9-14H2,(H,25,28). The SMILES string of the molecule is O=C(NCc1ccccc1Cn1cncn1)C1(c2ccc(Br)cc2)CCOCC1. The van der Waals surface area contributed by atoms with Crippen molar-refractivity contribution in [3.05, 3.63) is 82.3 Å². The fraction of sp³-hybridized carbons (Fsp3) is 0.318. The Morgan fingerprint density at radius 3 is 2.52 bits per heavy atom. The van der Waals surface area contributed by atoms with Crippen molar-refractivity contribution >= 4 is 21.8 Å². The van der Waals surface area contributed by atoms with Crippen molar-refractivity contribution < 1.29 is 9.53 Å². The van der Waals surface area contributed by atoms with Gasteiger partial charge in [-0.3, -0.25) is 4.79 Å². The minimum absolute atomic E-state index is 0.0543. The molecule has 0 saturated carbocycles. The second-order valence-corrected chi connectivity index (χ2v) is 8.16. The summed E-state index contributed by atoms with van der Waals surface area (Å²) >= 11 is 3.48. The largest absolute Gasteiger partial charge is 0.381 e. The Labute approximate surface area is 178 Å². The third-order valence-electron chi connectivity index (χ3n) is 5.53. The number of nitrogens with one attached hydrogen (secondary N) is 1. The average molecular weight is 455 g/mol. The van der Waals surface area contributed by atoms with E-state index in [2.05, 4.69) is 37.4 Å². The van der Waals surface area contributed by atoms with Gasteiger partial charge >= 0.3 is 0 Å². The number of rotatable bonds is 6. The molecule has 1 fully saturated rings. The highest BCUT2D eigenvalue weighted by Crippen LogP contribution is 2.36. The van der Waals surface area contributed by atoms with Gasteiger partial charge in [-0.05, 0) is 41.7 Å². The van der Waals surface area contributed by atoms with E-state index >= 15 is 0 Å². The topological polar surface area (TPSA) is 69.0 Å². The van der Waals surface area contributed by atoms with Crippen molar-refractivity contribution in [3.63, 3.8) is 0 Å². The van der Waals surface area contributed by atoms with Gasteiger partial charge in [0.2, 0.25) is 5.91 Å². The van der Waals surface area contributed by atoms with Gasteiger partial charge in [-0.25, -0.2) is 9.67 Å². The zero-order chi connectivity index (χ0) is 20.1. The molecule has 1 saturated heterocycles. The van der Waals surface area contributed by atoms with Gasteiger partial charge in [0.25, 0.3) is 0 Å². The molecule has 1 amide bonds. The summed E-state index contributed by atoms with van der Waals surface area (Å²) in [5, 5.41) is 7.37. The molecule has 2 heterocycles. The average Bonchev–Trinajstić information content (AvgIpc) is 3.27. The van der Waals surface area contributed by atoms with Crippen LogP contribution in [0.1, 0.15) is 29.5 Å². The second kappa shape index (κ2) is 8.88. The van der Waals surface area contributed by atoms with Crippen LogP contribution in [-0.4, -0.2) is 33.9 Å². The van der Waals surface area contributed by atoms with E-state index in [1.807, 2.05) is 42.5 Å². The summed E-state index contributed by atoms with van der Waals surface area (Å²) in [4.78, 5) is 17.4. The van der Waals surface area contributed by atoms with E-state index < -0.39 is 5.41 Å². The molecular formula is C22H23BrN4O2. The molecule has 1 N–H and O–H groups in total. The first-order valence-electron chi connectivity index (χ1n) is 9.69. The minimum atomic E-state index is -0.556. The molecule has 7 heteroatoms. The zero-order valence-corrected chi connectivity index (χ0v) is 17.6. The monoisotopic (exact) mass is 454 g/mol. The molecule has 150 valence electrons. The lowest BCUT2D eigenvalue weighted by Gasteiger charge is -2.36. The third kappa shape index (κ3) is 4.41. The van der Waals surface area contributed by atoms with Crippen LogP contribution in [0.2, 0.25) is 0 Å². The van der Waals surface area contributed by atoms with Gasteiger partial charge in [0.1, 0.15) is 12.7 Å². The fourth-order valence-corrected chi connectivity index (χ4v) is 4.12. The van der Waals surface area contributed by atoms with E-state index in [0.29, 0.717) is 39.1 Å². The maximum absolute atomic E-state index is 13.4. The van der Waals surface area contributed by atoms with Gasteiger partial charge in [0, 0.05) is 24.2 Å². The lowest BCUT2D eigenvalue weighted by atomic mass is 9.73. The van der Waals surface area contributed by atoms with Crippen LogP contribution in [0, 0.1) is 0 Å². The van der Waals surface area contributed by atoms with Crippen LogP contribution in [-0.2, 0) is 28.0 Å². The number of ether oxygens (including phenoxy) is 1. The first-order chi connectivity index (χ1) is 14.2. The van der Waals surface area contributed by atoms with Gasteiger partial charge in [0.15, 0.2) is 0 Å². The number of nitrogens with zero attached hydrogens (tertiary/aromatic N) is 3. The molecule has 6 nitrogen and oxygen atoms in total. The van der Waals surface area contributed by atoms with Crippen LogP contribution < -0.4 is 5.32 Å². The number of hydrogen-bond acceptors (Lipinski definition) is 4. The van der Waals surface area contributed by atoms with Gasteiger partial charge in [0.05, 0.1) is 12.0 Å². The number of amides is 1. The maximum Gasteiger partial charge on any atom is 0.231 e. The molecule has 1 aliphatic heterocycles. The van der Waals surface area contributed by atoms with Crippen molar-refractivity contribution in [2.24, 2.45) is 0 Å². The van der Waals surface area contributed by atoms with E-state index in [0.717, 1.165) is 21.2 Å². The third-order valence-corrected chi connectivity index (χ3v) is 6.06. The second-order valence-electron chi connectivity index (χ2n) is 7.25. The predicted molar refractivity (Wildman–Crippen MR) is 113 cm³/mol. The molecule has 0 radical (unpaired) electrons. The molecule has 2 aromatic carbocycles. The summed E-state index contributed by atoms with van der Waals surface area (Å²) in [6.45, 7) is 2.28. The Bertz CT molecular complexity index is 951. The minimum Gasteiger partial charge on any atom is -0.381 e. The van der Waals surface area contributed by atoms with Crippen LogP contribution in [0.5, 0.6) is 0 Å². The molecule has 0 atom stereocenters. The van der Waals surface area contributed by atoms with E-state index in [-0.39, 0.29) is 5.91 Å². The first-order valence-corrected chi connectivity index (χ1v) is 10.5. The van der Waals surface area contributed by atoms with Crippen molar-refractivity contribution in [2.45, 2.75) is 31.3 Å². The Hall–Kier alpha value is -2.51. The zero-order valence-electron chi connectivity index (χ0n) is 16.1.